The first kappa shape index (κ1) is 12.4. The largest absolute Gasteiger partial charge is 0.303 e. The lowest BCUT2D eigenvalue weighted by Gasteiger charge is -2.18. The molecule has 0 saturated carbocycles. The van der Waals surface area contributed by atoms with Crippen molar-refractivity contribution in [1.29, 1.82) is 0 Å². The lowest BCUT2D eigenvalue weighted by atomic mass is 9.99. The number of benzene rings is 1. The zero-order valence-corrected chi connectivity index (χ0v) is 11.3. The molecular weight excluding hydrogens is 236 g/mol. The van der Waals surface area contributed by atoms with E-state index in [2.05, 4.69) is 39.7 Å². The van der Waals surface area contributed by atoms with E-state index in [1.807, 2.05) is 7.05 Å². The van der Waals surface area contributed by atoms with Crippen LogP contribution < -0.4 is 5.32 Å². The third-order valence-corrected chi connectivity index (χ3v) is 3.77. The third-order valence-electron chi connectivity index (χ3n) is 3.77. The van der Waals surface area contributed by atoms with Gasteiger partial charge in [0.25, 0.3) is 0 Å². The van der Waals surface area contributed by atoms with Crippen LogP contribution in [0.4, 0.5) is 0 Å². The molecule has 1 N–H and O–H groups in total. The van der Waals surface area contributed by atoms with Crippen LogP contribution in [0.1, 0.15) is 42.3 Å². The van der Waals surface area contributed by atoms with Crippen LogP contribution in [0.3, 0.4) is 0 Å². The summed E-state index contributed by atoms with van der Waals surface area (Å²) in [6, 6.07) is 9.22. The summed E-state index contributed by atoms with van der Waals surface area (Å²) in [5, 5.41) is 7.93. The van der Waals surface area contributed by atoms with Crippen LogP contribution in [0.2, 0.25) is 0 Å². The summed E-state index contributed by atoms with van der Waals surface area (Å²) >= 11 is 0. The maximum Gasteiger partial charge on any atom is 0.164 e. The molecule has 0 bridgehead atoms. The Morgan fingerprint density at radius 3 is 3.05 bits per heavy atom. The van der Waals surface area contributed by atoms with Crippen LogP contribution in [-0.4, -0.2) is 14.8 Å². The van der Waals surface area contributed by atoms with E-state index in [9.17, 15) is 0 Å². The minimum Gasteiger partial charge on any atom is -0.303 e. The fourth-order valence-electron chi connectivity index (χ4n) is 2.81. The Morgan fingerprint density at radius 1 is 1.32 bits per heavy atom. The molecule has 1 aliphatic rings. The lowest BCUT2D eigenvalue weighted by molar-refractivity contribution is 0.480. The number of nitrogens with one attached hydrogen (secondary N) is 1. The van der Waals surface area contributed by atoms with Crippen LogP contribution in [0.15, 0.2) is 30.6 Å². The van der Waals surface area contributed by atoms with Crippen LogP contribution in [0.25, 0.3) is 0 Å². The molecule has 0 amide bonds. The van der Waals surface area contributed by atoms with Crippen molar-refractivity contribution in [2.75, 3.05) is 0 Å². The molecule has 1 atom stereocenters. The van der Waals surface area contributed by atoms with E-state index < -0.39 is 0 Å². The number of aromatic nitrogens is 3. The summed E-state index contributed by atoms with van der Waals surface area (Å²) in [5.41, 5.74) is 2.95. The van der Waals surface area contributed by atoms with Crippen molar-refractivity contribution in [3.05, 3.63) is 47.5 Å². The van der Waals surface area contributed by atoms with Gasteiger partial charge >= 0.3 is 0 Å². The molecule has 1 unspecified atom stereocenters. The van der Waals surface area contributed by atoms with Crippen molar-refractivity contribution in [1.82, 2.24) is 20.1 Å². The first-order valence-corrected chi connectivity index (χ1v) is 6.98. The predicted octanol–water partition coefficient (Wildman–Crippen LogP) is 2.37. The SMILES string of the molecule is Cn1cnc(CNC2CCCCc3ccccc32)n1. The van der Waals surface area contributed by atoms with Gasteiger partial charge in [0.2, 0.25) is 0 Å². The second kappa shape index (κ2) is 5.53. The zero-order chi connectivity index (χ0) is 13.1. The van der Waals surface area contributed by atoms with Gasteiger partial charge in [-0.3, -0.25) is 4.68 Å². The highest BCUT2D eigenvalue weighted by atomic mass is 15.3. The van der Waals surface area contributed by atoms with E-state index >= 15 is 0 Å². The quantitative estimate of drug-likeness (QED) is 0.857. The normalized spacial score (nSPS) is 18.9. The predicted molar refractivity (Wildman–Crippen MR) is 74.6 cm³/mol. The zero-order valence-electron chi connectivity index (χ0n) is 11.3. The van der Waals surface area contributed by atoms with Gasteiger partial charge in [0, 0.05) is 13.1 Å². The molecule has 4 nitrogen and oxygen atoms in total. The maximum atomic E-state index is 4.32. The van der Waals surface area contributed by atoms with Crippen molar-refractivity contribution >= 4 is 0 Å². The van der Waals surface area contributed by atoms with Crippen LogP contribution in [-0.2, 0) is 20.0 Å². The molecule has 0 radical (unpaired) electrons. The molecule has 0 aliphatic heterocycles. The van der Waals surface area contributed by atoms with Crippen molar-refractivity contribution in [2.45, 2.75) is 38.3 Å². The molecule has 19 heavy (non-hydrogen) atoms. The Balaban J connectivity index is 1.73. The Bertz CT molecular complexity index is 547. The number of rotatable bonds is 3. The van der Waals surface area contributed by atoms with Gasteiger partial charge in [0.15, 0.2) is 5.82 Å². The fourth-order valence-corrected chi connectivity index (χ4v) is 2.81. The van der Waals surface area contributed by atoms with Gasteiger partial charge in [-0.15, -0.1) is 0 Å². The average molecular weight is 256 g/mol. The van der Waals surface area contributed by atoms with Crippen LogP contribution in [0, 0.1) is 0 Å². The standard InChI is InChI=1S/C15H20N4/c1-19-11-17-15(18-19)10-16-14-9-5-3-7-12-6-2-4-8-13(12)14/h2,4,6,8,11,14,16H,3,5,7,9-10H2,1H3. The van der Waals surface area contributed by atoms with E-state index in [-0.39, 0.29) is 0 Å². The first-order valence-electron chi connectivity index (χ1n) is 6.98. The minimum atomic E-state index is 0.433. The topological polar surface area (TPSA) is 42.7 Å². The van der Waals surface area contributed by atoms with Crippen LogP contribution >= 0.6 is 0 Å². The molecule has 100 valence electrons. The van der Waals surface area contributed by atoms with Crippen LogP contribution in [0.5, 0.6) is 0 Å². The van der Waals surface area contributed by atoms with Crippen molar-refractivity contribution in [3.8, 4) is 0 Å². The van der Waals surface area contributed by atoms with E-state index in [1.54, 1.807) is 11.0 Å². The fraction of sp³-hybridized carbons (Fsp3) is 0.467. The Hall–Kier alpha value is -1.68. The van der Waals surface area contributed by atoms with E-state index in [0.29, 0.717) is 6.04 Å². The van der Waals surface area contributed by atoms with E-state index in [0.717, 1.165) is 12.4 Å². The van der Waals surface area contributed by atoms with Gasteiger partial charge in [0.05, 0.1) is 6.54 Å². The molecule has 4 heteroatoms. The molecule has 1 aliphatic carbocycles. The highest BCUT2D eigenvalue weighted by molar-refractivity contribution is 5.31. The van der Waals surface area contributed by atoms with Gasteiger partial charge < -0.3 is 5.32 Å². The molecule has 2 aromatic rings. The Kier molecular flexibility index (Phi) is 3.60. The van der Waals surface area contributed by atoms with Crippen molar-refractivity contribution < 1.29 is 0 Å². The highest BCUT2D eigenvalue weighted by Gasteiger charge is 2.18. The third kappa shape index (κ3) is 2.84. The summed E-state index contributed by atoms with van der Waals surface area (Å²) in [4.78, 5) is 4.27. The van der Waals surface area contributed by atoms with E-state index in [4.69, 9.17) is 0 Å². The van der Waals surface area contributed by atoms with Gasteiger partial charge in [-0.1, -0.05) is 30.7 Å². The summed E-state index contributed by atoms with van der Waals surface area (Å²) in [6.07, 6.45) is 6.72. The highest BCUT2D eigenvalue weighted by Crippen LogP contribution is 2.28. The molecule has 3 rings (SSSR count). The molecule has 1 aromatic carbocycles. The lowest BCUT2D eigenvalue weighted by Crippen LogP contribution is -2.22. The van der Waals surface area contributed by atoms with E-state index in [1.165, 1.54) is 36.8 Å². The summed E-state index contributed by atoms with van der Waals surface area (Å²) in [7, 11) is 1.90. The number of fused-ring (bicyclic) bond motifs is 1. The minimum absolute atomic E-state index is 0.433. The Labute approximate surface area is 113 Å². The van der Waals surface area contributed by atoms with Gasteiger partial charge in [-0.25, -0.2) is 4.98 Å². The summed E-state index contributed by atoms with van der Waals surface area (Å²) in [6.45, 7) is 0.736. The average Bonchev–Trinajstić information content (AvgIpc) is 2.73. The molecule has 0 spiro atoms. The first-order chi connectivity index (χ1) is 9.33. The molecule has 0 fully saturated rings. The number of aryl methyl sites for hydroxylation is 2. The smallest absolute Gasteiger partial charge is 0.164 e. The summed E-state index contributed by atoms with van der Waals surface area (Å²) < 4.78 is 1.75. The molecule has 0 saturated heterocycles. The molecule has 1 heterocycles. The monoisotopic (exact) mass is 256 g/mol. The molecular formula is C15H20N4. The van der Waals surface area contributed by atoms with Crippen molar-refractivity contribution in [3.63, 3.8) is 0 Å². The number of hydrogen-bond donors (Lipinski definition) is 1. The second-order valence-electron chi connectivity index (χ2n) is 5.21. The molecule has 1 aromatic heterocycles. The Morgan fingerprint density at radius 2 is 2.21 bits per heavy atom. The number of nitrogens with zero attached hydrogens (tertiary/aromatic N) is 3. The maximum absolute atomic E-state index is 4.32. The number of hydrogen-bond acceptors (Lipinski definition) is 3. The van der Waals surface area contributed by atoms with Gasteiger partial charge in [-0.2, -0.15) is 5.10 Å². The second-order valence-corrected chi connectivity index (χ2v) is 5.21. The van der Waals surface area contributed by atoms with Crippen molar-refractivity contribution in [2.24, 2.45) is 7.05 Å². The summed E-state index contributed by atoms with van der Waals surface area (Å²) in [5.74, 6) is 0.865. The van der Waals surface area contributed by atoms with Gasteiger partial charge in [-0.05, 0) is 30.4 Å². The van der Waals surface area contributed by atoms with Gasteiger partial charge in [0.1, 0.15) is 6.33 Å².